The molecule has 0 aromatic heterocycles. The predicted molar refractivity (Wildman–Crippen MR) is 99.6 cm³/mol. The molecular weight excluding hydrogens is 296 g/mol. The van der Waals surface area contributed by atoms with Gasteiger partial charge in [-0.25, -0.2) is 0 Å². The highest BCUT2D eigenvalue weighted by Crippen LogP contribution is 2.34. The maximum atomic E-state index is 11.6. The van der Waals surface area contributed by atoms with Crippen molar-refractivity contribution < 1.29 is 9.59 Å². The first-order chi connectivity index (χ1) is 11.2. The van der Waals surface area contributed by atoms with Crippen LogP contribution >= 0.6 is 0 Å². The van der Waals surface area contributed by atoms with Crippen molar-refractivity contribution in [2.24, 2.45) is 0 Å². The van der Waals surface area contributed by atoms with Crippen molar-refractivity contribution in [3.63, 3.8) is 0 Å². The normalized spacial score (nSPS) is 11.2. The molecule has 0 aliphatic carbocycles. The van der Waals surface area contributed by atoms with Crippen LogP contribution in [0.15, 0.2) is 55.1 Å². The van der Waals surface area contributed by atoms with E-state index in [1.807, 2.05) is 48.5 Å². The molecule has 0 bridgehead atoms. The maximum absolute atomic E-state index is 11.6. The van der Waals surface area contributed by atoms with E-state index in [2.05, 4.69) is 20.4 Å². The van der Waals surface area contributed by atoms with Crippen LogP contribution in [0.4, 0.5) is 0 Å². The summed E-state index contributed by atoms with van der Waals surface area (Å²) in [6, 6.07) is 15.4. The van der Waals surface area contributed by atoms with Gasteiger partial charge in [0.15, 0.2) is 11.6 Å². The quantitative estimate of drug-likeness (QED) is 0.661. The Labute approximate surface area is 144 Å². The zero-order valence-electron chi connectivity index (χ0n) is 14.8. The molecule has 0 unspecified atom stereocenters. The topological polar surface area (TPSA) is 34.1 Å². The molecule has 24 heavy (non-hydrogen) atoms. The van der Waals surface area contributed by atoms with E-state index in [4.69, 9.17) is 0 Å². The van der Waals surface area contributed by atoms with Crippen LogP contribution in [0.3, 0.4) is 0 Å². The first-order valence-electron chi connectivity index (χ1n) is 8.11. The van der Waals surface area contributed by atoms with Crippen molar-refractivity contribution in [1.29, 1.82) is 0 Å². The lowest BCUT2D eigenvalue weighted by atomic mass is 9.77. The highest BCUT2D eigenvalue weighted by atomic mass is 16.1. The van der Waals surface area contributed by atoms with Crippen LogP contribution in [0.1, 0.15) is 66.0 Å². The Balaban J connectivity index is 2.26. The summed E-state index contributed by atoms with van der Waals surface area (Å²) in [5, 5.41) is 0. The zero-order valence-corrected chi connectivity index (χ0v) is 14.8. The van der Waals surface area contributed by atoms with E-state index in [0.717, 1.165) is 28.7 Å². The second-order valence-corrected chi connectivity index (χ2v) is 6.94. The van der Waals surface area contributed by atoms with Gasteiger partial charge in [-0.3, -0.25) is 9.59 Å². The highest BCUT2D eigenvalue weighted by Gasteiger charge is 2.23. The third-order valence-corrected chi connectivity index (χ3v) is 4.38. The van der Waals surface area contributed by atoms with E-state index < -0.39 is 0 Å². The molecule has 0 saturated carbocycles. The molecule has 0 spiro atoms. The standard InChI is InChI=1S/C22H24O2/c1-15(18-8-6-9-19(12-18)16(2)23)14-22(4,5)21-11-7-10-20(13-21)17(3)24/h6-13H,1,14H2,2-5H3. The summed E-state index contributed by atoms with van der Waals surface area (Å²) in [6.45, 7) is 11.7. The zero-order chi connectivity index (χ0) is 17.9. The molecule has 0 amide bonds. The number of carbonyl (C=O) groups excluding carboxylic acids is 2. The summed E-state index contributed by atoms with van der Waals surface area (Å²) in [7, 11) is 0. The summed E-state index contributed by atoms with van der Waals surface area (Å²) in [5.74, 6) is 0.124. The summed E-state index contributed by atoms with van der Waals surface area (Å²) in [4.78, 5) is 23.2. The van der Waals surface area contributed by atoms with Crippen LogP contribution in [-0.4, -0.2) is 11.6 Å². The fourth-order valence-electron chi connectivity index (χ4n) is 2.85. The van der Waals surface area contributed by atoms with E-state index in [1.54, 1.807) is 13.8 Å². The molecule has 2 rings (SSSR count). The highest BCUT2D eigenvalue weighted by molar-refractivity contribution is 5.95. The van der Waals surface area contributed by atoms with Gasteiger partial charge in [-0.15, -0.1) is 0 Å². The molecule has 0 radical (unpaired) electrons. The third-order valence-electron chi connectivity index (χ3n) is 4.38. The smallest absolute Gasteiger partial charge is 0.159 e. The van der Waals surface area contributed by atoms with Crippen LogP contribution in [-0.2, 0) is 5.41 Å². The van der Waals surface area contributed by atoms with Crippen molar-refractivity contribution in [2.45, 2.75) is 39.5 Å². The third kappa shape index (κ3) is 4.08. The molecule has 0 atom stereocenters. The van der Waals surface area contributed by atoms with Gasteiger partial charge < -0.3 is 0 Å². The van der Waals surface area contributed by atoms with Gasteiger partial charge in [0.25, 0.3) is 0 Å². The number of rotatable bonds is 6. The van der Waals surface area contributed by atoms with E-state index in [-0.39, 0.29) is 17.0 Å². The van der Waals surface area contributed by atoms with Crippen LogP contribution in [0.2, 0.25) is 0 Å². The molecule has 0 aliphatic rings. The summed E-state index contributed by atoms with van der Waals surface area (Å²) in [6.07, 6.45) is 0.746. The summed E-state index contributed by atoms with van der Waals surface area (Å²) >= 11 is 0. The average molecular weight is 320 g/mol. The number of hydrogen-bond acceptors (Lipinski definition) is 2. The first kappa shape index (κ1) is 17.9. The Morgan fingerprint density at radius 2 is 1.38 bits per heavy atom. The molecule has 0 N–H and O–H groups in total. The Morgan fingerprint density at radius 1 is 0.875 bits per heavy atom. The molecule has 0 aliphatic heterocycles. The molecule has 0 fully saturated rings. The van der Waals surface area contributed by atoms with Crippen molar-refractivity contribution >= 4 is 17.1 Å². The number of ketones is 2. The maximum Gasteiger partial charge on any atom is 0.159 e. The van der Waals surface area contributed by atoms with Gasteiger partial charge in [-0.2, -0.15) is 0 Å². The van der Waals surface area contributed by atoms with Crippen LogP contribution in [0.25, 0.3) is 5.57 Å². The predicted octanol–water partition coefficient (Wildman–Crippen LogP) is 5.47. The first-order valence-corrected chi connectivity index (χ1v) is 8.11. The summed E-state index contributed by atoms with van der Waals surface area (Å²) < 4.78 is 0. The lowest BCUT2D eigenvalue weighted by Gasteiger charge is -2.27. The number of allylic oxidation sites excluding steroid dienone is 1. The number of hydrogen-bond donors (Lipinski definition) is 0. The second-order valence-electron chi connectivity index (χ2n) is 6.94. The number of benzene rings is 2. The van der Waals surface area contributed by atoms with Gasteiger partial charge in [0.2, 0.25) is 0 Å². The molecule has 0 saturated heterocycles. The van der Waals surface area contributed by atoms with Crippen LogP contribution in [0.5, 0.6) is 0 Å². The van der Waals surface area contributed by atoms with Gasteiger partial charge in [0.05, 0.1) is 0 Å². The minimum absolute atomic E-state index is 0.0538. The fourth-order valence-corrected chi connectivity index (χ4v) is 2.85. The van der Waals surface area contributed by atoms with Crippen molar-refractivity contribution in [3.8, 4) is 0 Å². The lowest BCUT2D eigenvalue weighted by molar-refractivity contribution is 0.100. The van der Waals surface area contributed by atoms with Crippen molar-refractivity contribution in [3.05, 3.63) is 77.4 Å². The lowest BCUT2D eigenvalue weighted by Crippen LogP contribution is -2.18. The Kier molecular flexibility index (Phi) is 5.18. The Hall–Kier alpha value is -2.48. The molecule has 2 heteroatoms. The van der Waals surface area contributed by atoms with Gasteiger partial charge >= 0.3 is 0 Å². The number of Topliss-reactive ketones (excluding diaryl/α,β-unsaturated/α-hetero) is 2. The Morgan fingerprint density at radius 3 is 1.96 bits per heavy atom. The minimum atomic E-state index is -0.158. The molecule has 0 heterocycles. The SMILES string of the molecule is C=C(CC(C)(C)c1cccc(C(C)=O)c1)c1cccc(C(C)=O)c1. The number of carbonyl (C=O) groups is 2. The molecular formula is C22H24O2. The summed E-state index contributed by atoms with van der Waals surface area (Å²) in [5.41, 5.74) is 4.35. The molecule has 124 valence electrons. The average Bonchev–Trinajstić information content (AvgIpc) is 2.54. The van der Waals surface area contributed by atoms with Gasteiger partial charge in [-0.05, 0) is 54.5 Å². The van der Waals surface area contributed by atoms with E-state index >= 15 is 0 Å². The molecule has 2 nitrogen and oxygen atoms in total. The Bertz CT molecular complexity index is 797. The van der Waals surface area contributed by atoms with Crippen LogP contribution < -0.4 is 0 Å². The van der Waals surface area contributed by atoms with Gasteiger partial charge in [0.1, 0.15) is 0 Å². The van der Waals surface area contributed by atoms with Gasteiger partial charge in [0, 0.05) is 11.1 Å². The van der Waals surface area contributed by atoms with Gasteiger partial charge in [-0.1, -0.05) is 56.8 Å². The monoisotopic (exact) mass is 320 g/mol. The van der Waals surface area contributed by atoms with Crippen LogP contribution in [0, 0.1) is 0 Å². The van der Waals surface area contributed by atoms with E-state index in [9.17, 15) is 9.59 Å². The largest absolute Gasteiger partial charge is 0.295 e. The molecule has 2 aromatic carbocycles. The fraction of sp³-hybridized carbons (Fsp3) is 0.273. The van der Waals surface area contributed by atoms with Crippen molar-refractivity contribution in [1.82, 2.24) is 0 Å². The minimum Gasteiger partial charge on any atom is -0.295 e. The van der Waals surface area contributed by atoms with Crippen molar-refractivity contribution in [2.75, 3.05) is 0 Å². The second kappa shape index (κ2) is 6.96. The van der Waals surface area contributed by atoms with E-state index in [0.29, 0.717) is 5.56 Å². The van der Waals surface area contributed by atoms with E-state index in [1.165, 1.54) is 0 Å². The molecule has 2 aromatic rings.